The van der Waals surface area contributed by atoms with Crippen LogP contribution in [-0.2, 0) is 11.3 Å². The first-order valence-corrected chi connectivity index (χ1v) is 8.49. The summed E-state index contributed by atoms with van der Waals surface area (Å²) in [6, 6.07) is 15.4. The maximum absolute atomic E-state index is 13.8. The summed E-state index contributed by atoms with van der Waals surface area (Å²) in [6.45, 7) is 0.626. The van der Waals surface area contributed by atoms with Crippen LogP contribution in [-0.4, -0.2) is 27.5 Å². The summed E-state index contributed by atoms with van der Waals surface area (Å²) in [7, 11) is 0. The average Bonchev–Trinajstić information content (AvgIpc) is 3.31. The Morgan fingerprint density at radius 2 is 2.11 bits per heavy atom. The van der Waals surface area contributed by atoms with Crippen molar-refractivity contribution >= 4 is 5.91 Å². The van der Waals surface area contributed by atoms with Crippen LogP contribution in [0.3, 0.4) is 0 Å². The minimum atomic E-state index is -0.326. The molecule has 0 saturated carbocycles. The van der Waals surface area contributed by atoms with E-state index in [0.29, 0.717) is 35.0 Å². The molecule has 1 fully saturated rings. The predicted octanol–water partition coefficient (Wildman–Crippen LogP) is 3.26. The van der Waals surface area contributed by atoms with Crippen molar-refractivity contribution in [1.29, 1.82) is 5.26 Å². The van der Waals surface area contributed by atoms with Crippen LogP contribution in [0, 0.1) is 17.1 Å². The molecule has 6 nitrogen and oxygen atoms in total. The van der Waals surface area contributed by atoms with Crippen molar-refractivity contribution in [3.63, 3.8) is 0 Å². The lowest BCUT2D eigenvalue weighted by Crippen LogP contribution is -2.25. The number of nitriles is 1. The Hall–Kier alpha value is -3.53. The fourth-order valence-electron chi connectivity index (χ4n) is 3.17. The second-order valence-electron chi connectivity index (χ2n) is 6.42. The lowest BCUT2D eigenvalue weighted by Gasteiger charge is -2.16. The lowest BCUT2D eigenvalue weighted by molar-refractivity contribution is -0.128. The third-order valence-corrected chi connectivity index (χ3v) is 4.58. The van der Waals surface area contributed by atoms with Crippen LogP contribution in [0.4, 0.5) is 4.39 Å². The van der Waals surface area contributed by atoms with Crippen LogP contribution in [0.1, 0.15) is 29.3 Å². The van der Waals surface area contributed by atoms with E-state index in [4.69, 9.17) is 9.78 Å². The van der Waals surface area contributed by atoms with Gasteiger partial charge >= 0.3 is 0 Å². The zero-order chi connectivity index (χ0) is 18.8. The third-order valence-electron chi connectivity index (χ3n) is 4.58. The maximum Gasteiger partial charge on any atom is 0.257 e. The molecule has 1 saturated heterocycles. The Labute approximate surface area is 154 Å². The van der Waals surface area contributed by atoms with Crippen LogP contribution in [0.15, 0.2) is 53.1 Å². The molecule has 0 aliphatic carbocycles. The summed E-state index contributed by atoms with van der Waals surface area (Å²) in [4.78, 5) is 18.3. The highest BCUT2D eigenvalue weighted by Gasteiger charge is 2.34. The van der Waals surface area contributed by atoms with E-state index in [1.807, 2.05) is 0 Å². The molecule has 1 aliphatic rings. The summed E-state index contributed by atoms with van der Waals surface area (Å²) >= 11 is 0. The monoisotopic (exact) mass is 362 g/mol. The van der Waals surface area contributed by atoms with Crippen LogP contribution in [0.2, 0.25) is 0 Å². The number of benzene rings is 2. The Kier molecular flexibility index (Phi) is 4.38. The second-order valence-corrected chi connectivity index (χ2v) is 6.42. The van der Waals surface area contributed by atoms with Gasteiger partial charge in [-0.3, -0.25) is 4.79 Å². The predicted molar refractivity (Wildman–Crippen MR) is 93.6 cm³/mol. The fraction of sp³-hybridized carbons (Fsp3) is 0.200. The normalized spacial score (nSPS) is 16.5. The Morgan fingerprint density at radius 3 is 2.93 bits per heavy atom. The molecule has 0 radical (unpaired) electrons. The first-order valence-electron chi connectivity index (χ1n) is 8.49. The van der Waals surface area contributed by atoms with Gasteiger partial charge in [0.05, 0.1) is 11.6 Å². The molecule has 4 rings (SSSR count). The molecule has 7 heteroatoms. The van der Waals surface area contributed by atoms with Crippen LogP contribution < -0.4 is 0 Å². The van der Waals surface area contributed by atoms with Crippen molar-refractivity contribution in [3.8, 4) is 17.5 Å². The smallest absolute Gasteiger partial charge is 0.257 e. The quantitative estimate of drug-likeness (QED) is 0.711. The molecule has 2 aromatic carbocycles. The van der Waals surface area contributed by atoms with Gasteiger partial charge in [0.1, 0.15) is 5.82 Å². The highest BCUT2D eigenvalue weighted by Crippen LogP contribution is 2.29. The van der Waals surface area contributed by atoms with E-state index >= 15 is 0 Å². The summed E-state index contributed by atoms with van der Waals surface area (Å²) < 4.78 is 19.2. The van der Waals surface area contributed by atoms with E-state index in [0.717, 1.165) is 0 Å². The Bertz CT molecular complexity index is 1040. The summed E-state index contributed by atoms with van der Waals surface area (Å²) in [5.41, 5.74) is 1.63. The van der Waals surface area contributed by atoms with Gasteiger partial charge in [0, 0.05) is 36.6 Å². The molecule has 2 heterocycles. The van der Waals surface area contributed by atoms with Gasteiger partial charge in [-0.1, -0.05) is 29.4 Å². The largest absolute Gasteiger partial charge is 0.337 e. The number of amides is 1. The molecular formula is C20H15FN4O2. The van der Waals surface area contributed by atoms with Crippen molar-refractivity contribution < 1.29 is 13.7 Å². The molecule has 1 unspecified atom stereocenters. The van der Waals surface area contributed by atoms with Gasteiger partial charge in [-0.25, -0.2) is 4.39 Å². The molecule has 0 spiro atoms. The molecule has 0 bridgehead atoms. The van der Waals surface area contributed by atoms with Crippen LogP contribution in [0.25, 0.3) is 11.5 Å². The third kappa shape index (κ3) is 3.42. The molecule has 1 atom stereocenters. The van der Waals surface area contributed by atoms with Crippen molar-refractivity contribution in [2.24, 2.45) is 0 Å². The number of hydrogen-bond donors (Lipinski definition) is 0. The van der Waals surface area contributed by atoms with E-state index in [1.165, 1.54) is 6.07 Å². The fourth-order valence-corrected chi connectivity index (χ4v) is 3.17. The number of carbonyl (C=O) groups excluding carboxylic acids is 1. The number of halogens is 1. The molecule has 1 aliphatic heterocycles. The number of carbonyl (C=O) groups is 1. The van der Waals surface area contributed by atoms with Gasteiger partial charge < -0.3 is 9.42 Å². The second kappa shape index (κ2) is 7.00. The zero-order valence-electron chi connectivity index (χ0n) is 14.3. The molecule has 3 aromatic rings. The van der Waals surface area contributed by atoms with Crippen molar-refractivity contribution in [3.05, 3.63) is 71.3 Å². The number of rotatable bonds is 4. The van der Waals surface area contributed by atoms with E-state index in [-0.39, 0.29) is 30.6 Å². The number of hydrogen-bond acceptors (Lipinski definition) is 5. The van der Waals surface area contributed by atoms with Crippen LogP contribution in [0.5, 0.6) is 0 Å². The van der Waals surface area contributed by atoms with Gasteiger partial charge in [0.15, 0.2) is 5.82 Å². The first-order chi connectivity index (χ1) is 13.1. The zero-order valence-corrected chi connectivity index (χ0v) is 14.3. The van der Waals surface area contributed by atoms with Crippen molar-refractivity contribution in [1.82, 2.24) is 15.0 Å². The molecule has 1 amide bonds. The topological polar surface area (TPSA) is 83.0 Å². The average molecular weight is 362 g/mol. The highest BCUT2D eigenvalue weighted by atomic mass is 19.1. The first kappa shape index (κ1) is 16.9. The van der Waals surface area contributed by atoms with Crippen molar-refractivity contribution in [2.75, 3.05) is 6.54 Å². The Balaban J connectivity index is 1.50. The van der Waals surface area contributed by atoms with E-state index in [9.17, 15) is 9.18 Å². The minimum absolute atomic E-state index is 0.0684. The Morgan fingerprint density at radius 1 is 1.26 bits per heavy atom. The van der Waals surface area contributed by atoms with E-state index < -0.39 is 0 Å². The molecule has 27 heavy (non-hydrogen) atoms. The lowest BCUT2D eigenvalue weighted by atomic mass is 10.1. The van der Waals surface area contributed by atoms with Crippen LogP contribution >= 0.6 is 0 Å². The standard InChI is InChI=1S/C20H15FN4O2/c21-17-7-2-1-5-15(17)11-25-12-16(9-18(25)26)19-23-20(27-24-19)14-6-3-4-13(8-14)10-22/h1-8,16H,9,11-12H2. The minimum Gasteiger partial charge on any atom is -0.337 e. The summed E-state index contributed by atoms with van der Waals surface area (Å²) in [5.74, 6) is 0.147. The number of nitrogens with zero attached hydrogens (tertiary/aromatic N) is 4. The molecule has 0 N–H and O–H groups in total. The molecule has 134 valence electrons. The van der Waals surface area contributed by atoms with Gasteiger partial charge in [0.2, 0.25) is 5.91 Å². The van der Waals surface area contributed by atoms with Gasteiger partial charge in [-0.15, -0.1) is 0 Å². The number of likely N-dealkylation sites (tertiary alicyclic amines) is 1. The molecular weight excluding hydrogens is 347 g/mol. The summed E-state index contributed by atoms with van der Waals surface area (Å²) in [5, 5.41) is 13.0. The van der Waals surface area contributed by atoms with Crippen molar-refractivity contribution in [2.45, 2.75) is 18.9 Å². The number of aromatic nitrogens is 2. The van der Waals surface area contributed by atoms with Gasteiger partial charge in [-0.05, 0) is 24.3 Å². The SMILES string of the molecule is N#Cc1cccc(-c2nc(C3CC(=O)N(Cc4ccccc4F)C3)no2)c1. The summed E-state index contributed by atoms with van der Waals surface area (Å²) in [6.07, 6.45) is 0.256. The van der Waals surface area contributed by atoms with Gasteiger partial charge in [0.25, 0.3) is 5.89 Å². The van der Waals surface area contributed by atoms with E-state index in [1.54, 1.807) is 47.4 Å². The molecule has 1 aromatic heterocycles. The highest BCUT2D eigenvalue weighted by molar-refractivity contribution is 5.79. The van der Waals surface area contributed by atoms with Gasteiger partial charge in [-0.2, -0.15) is 10.2 Å². The van der Waals surface area contributed by atoms with E-state index in [2.05, 4.69) is 16.2 Å². The maximum atomic E-state index is 13.8.